The topological polar surface area (TPSA) is 87.1 Å². The van der Waals surface area contributed by atoms with E-state index in [0.29, 0.717) is 5.56 Å². The molecule has 0 aliphatic carbocycles. The maximum atomic E-state index is 13.2. The molecule has 1 atom stereocenters. The van der Waals surface area contributed by atoms with Gasteiger partial charge in [0.05, 0.1) is 6.04 Å². The van der Waals surface area contributed by atoms with Gasteiger partial charge in [0.25, 0.3) is 5.91 Å². The molecule has 0 aliphatic rings. The molecule has 7 heteroatoms. The number of hydrogen-bond acceptors (Lipinski definition) is 4. The van der Waals surface area contributed by atoms with Gasteiger partial charge in [-0.05, 0) is 72.5 Å². The molecule has 5 nitrogen and oxygen atoms in total. The third kappa shape index (κ3) is 5.72. The van der Waals surface area contributed by atoms with Crippen molar-refractivity contribution in [2.45, 2.75) is 26.8 Å². The Bertz CT molecular complexity index is 1120. The van der Waals surface area contributed by atoms with E-state index in [1.54, 1.807) is 24.3 Å². The molecule has 0 radical (unpaired) electrons. The second-order valence-corrected chi connectivity index (χ2v) is 6.95. The summed E-state index contributed by atoms with van der Waals surface area (Å²) in [5, 5.41) is 4.66. The van der Waals surface area contributed by atoms with Crippen molar-refractivity contribution in [1.29, 1.82) is 4.78 Å². The summed E-state index contributed by atoms with van der Waals surface area (Å²) in [5.41, 5.74) is 4.10. The number of rotatable bonds is 3. The average molecular weight is 400 g/mol. The van der Waals surface area contributed by atoms with Gasteiger partial charge in [0.15, 0.2) is 0 Å². The van der Waals surface area contributed by atoms with E-state index >= 15 is 0 Å². The molecule has 0 bridgehead atoms. The minimum atomic E-state index is -2.61. The van der Waals surface area contributed by atoms with Crippen LogP contribution in [0.15, 0.2) is 54.6 Å². The first-order valence-corrected chi connectivity index (χ1v) is 9.62. The predicted molar refractivity (Wildman–Crippen MR) is 107 cm³/mol. The molecule has 3 aromatic rings. The first kappa shape index (κ1) is 21.2. The highest BCUT2D eigenvalue weighted by Crippen LogP contribution is 2.20. The van der Waals surface area contributed by atoms with E-state index in [4.69, 9.17) is 13.2 Å². The number of carbonyl (C=O) groups is 1. The van der Waals surface area contributed by atoms with Crippen LogP contribution in [-0.4, -0.2) is 14.3 Å². The van der Waals surface area contributed by atoms with Crippen molar-refractivity contribution >= 4 is 27.2 Å². The fourth-order valence-electron chi connectivity index (χ4n) is 2.76. The highest BCUT2D eigenvalue weighted by Gasteiger charge is 2.12. The SMILES string of the molecule is Cc1ccc([C@@H](C)NC(=O)c2ccc3cc(F)ccc3c2)cc1C.N=S(=O)=O. The summed E-state index contributed by atoms with van der Waals surface area (Å²) in [4.78, 5) is 12.5. The first-order chi connectivity index (χ1) is 13.2. The molecule has 28 heavy (non-hydrogen) atoms. The van der Waals surface area contributed by atoms with Gasteiger partial charge in [0, 0.05) is 5.56 Å². The standard InChI is InChI=1S/C21H20FNO.HNO2S/c1-13-4-5-16(10-14(13)2)15(3)23-21(24)19-7-6-18-12-20(22)9-8-17(18)11-19;1-4(2)3/h4-12,15H,1-3H3,(H,23,24);1H/t15-;/m1./s1. The maximum absolute atomic E-state index is 13.2. The quantitative estimate of drug-likeness (QED) is 0.667. The average Bonchev–Trinajstić information content (AvgIpc) is 2.63. The van der Waals surface area contributed by atoms with Crippen molar-refractivity contribution in [2.24, 2.45) is 0 Å². The smallest absolute Gasteiger partial charge is 0.308 e. The molecule has 0 saturated heterocycles. The van der Waals surface area contributed by atoms with E-state index in [2.05, 4.69) is 31.3 Å². The Hall–Kier alpha value is -3.06. The maximum Gasteiger partial charge on any atom is 0.308 e. The van der Waals surface area contributed by atoms with Gasteiger partial charge in [-0.1, -0.05) is 30.3 Å². The summed E-state index contributed by atoms with van der Waals surface area (Å²) in [6.07, 6.45) is 0. The van der Waals surface area contributed by atoms with E-state index in [9.17, 15) is 9.18 Å². The second kappa shape index (κ2) is 9.23. The Morgan fingerprint density at radius 3 is 2.21 bits per heavy atom. The normalized spacial score (nSPS) is 11.3. The molecule has 0 aliphatic heterocycles. The number of nitrogens with one attached hydrogen (secondary N) is 2. The number of carbonyl (C=O) groups excluding carboxylic acids is 1. The summed E-state index contributed by atoms with van der Waals surface area (Å²) in [6, 6.07) is 16.0. The predicted octanol–water partition coefficient (Wildman–Crippen LogP) is 4.71. The van der Waals surface area contributed by atoms with Crippen molar-refractivity contribution < 1.29 is 17.6 Å². The van der Waals surface area contributed by atoms with Gasteiger partial charge in [-0.3, -0.25) is 4.79 Å². The summed E-state index contributed by atoms with van der Waals surface area (Å²) < 4.78 is 36.1. The number of amides is 1. The first-order valence-electron chi connectivity index (χ1n) is 8.55. The minimum absolute atomic E-state index is 0.0827. The van der Waals surface area contributed by atoms with Crippen molar-refractivity contribution in [2.75, 3.05) is 0 Å². The van der Waals surface area contributed by atoms with Crippen LogP contribution in [0.25, 0.3) is 10.8 Å². The zero-order chi connectivity index (χ0) is 20.8. The van der Waals surface area contributed by atoms with Crippen LogP contribution in [0.5, 0.6) is 0 Å². The number of aryl methyl sites for hydroxylation is 2. The number of hydrogen-bond donors (Lipinski definition) is 2. The van der Waals surface area contributed by atoms with Crippen LogP contribution < -0.4 is 5.32 Å². The van der Waals surface area contributed by atoms with Gasteiger partial charge >= 0.3 is 10.5 Å². The van der Waals surface area contributed by atoms with Crippen LogP contribution in [0, 0.1) is 24.4 Å². The highest BCUT2D eigenvalue weighted by molar-refractivity contribution is 7.60. The number of fused-ring (bicyclic) bond motifs is 1. The molecule has 0 spiro atoms. The van der Waals surface area contributed by atoms with Crippen molar-refractivity contribution in [3.8, 4) is 0 Å². The van der Waals surface area contributed by atoms with Crippen LogP contribution in [0.1, 0.15) is 40.0 Å². The molecule has 0 fully saturated rings. The lowest BCUT2D eigenvalue weighted by atomic mass is 10.0. The fraction of sp³-hybridized carbons (Fsp3) is 0.190. The van der Waals surface area contributed by atoms with Crippen molar-refractivity contribution in [3.05, 3.63) is 82.7 Å². The minimum Gasteiger partial charge on any atom is -0.346 e. The van der Waals surface area contributed by atoms with E-state index in [1.807, 2.05) is 13.0 Å². The van der Waals surface area contributed by atoms with Gasteiger partial charge in [0.1, 0.15) is 5.82 Å². The largest absolute Gasteiger partial charge is 0.346 e. The van der Waals surface area contributed by atoms with Gasteiger partial charge in [-0.2, -0.15) is 13.2 Å². The third-order valence-electron chi connectivity index (χ3n) is 4.44. The van der Waals surface area contributed by atoms with E-state index in [1.165, 1.54) is 23.3 Å². The summed E-state index contributed by atoms with van der Waals surface area (Å²) in [5.74, 6) is -0.407. The molecule has 0 aromatic heterocycles. The van der Waals surface area contributed by atoms with Crippen LogP contribution in [0.4, 0.5) is 4.39 Å². The Balaban J connectivity index is 0.000000640. The molecular formula is C21H21FN2O3S. The van der Waals surface area contributed by atoms with Gasteiger partial charge in [0.2, 0.25) is 0 Å². The van der Waals surface area contributed by atoms with Crippen LogP contribution in [0.3, 0.4) is 0 Å². The van der Waals surface area contributed by atoms with Gasteiger partial charge < -0.3 is 5.32 Å². The van der Waals surface area contributed by atoms with Crippen molar-refractivity contribution in [3.63, 3.8) is 0 Å². The Morgan fingerprint density at radius 2 is 1.57 bits per heavy atom. The monoisotopic (exact) mass is 400 g/mol. The van der Waals surface area contributed by atoms with E-state index in [-0.39, 0.29) is 17.8 Å². The van der Waals surface area contributed by atoms with Crippen LogP contribution in [0.2, 0.25) is 0 Å². The van der Waals surface area contributed by atoms with Crippen LogP contribution >= 0.6 is 0 Å². The summed E-state index contributed by atoms with van der Waals surface area (Å²) in [7, 11) is -2.61. The van der Waals surface area contributed by atoms with Gasteiger partial charge in [-0.25, -0.2) is 4.39 Å². The van der Waals surface area contributed by atoms with Crippen LogP contribution in [-0.2, 0) is 10.5 Å². The van der Waals surface area contributed by atoms with Crippen molar-refractivity contribution in [1.82, 2.24) is 5.32 Å². The molecule has 146 valence electrons. The highest BCUT2D eigenvalue weighted by atomic mass is 32.2. The van der Waals surface area contributed by atoms with E-state index < -0.39 is 10.5 Å². The molecule has 2 N–H and O–H groups in total. The molecular weight excluding hydrogens is 379 g/mol. The zero-order valence-corrected chi connectivity index (χ0v) is 16.6. The third-order valence-corrected chi connectivity index (χ3v) is 4.44. The lowest BCUT2D eigenvalue weighted by molar-refractivity contribution is 0.0940. The number of benzene rings is 3. The summed E-state index contributed by atoms with van der Waals surface area (Å²) in [6.45, 7) is 6.11. The summed E-state index contributed by atoms with van der Waals surface area (Å²) >= 11 is 0. The van der Waals surface area contributed by atoms with Gasteiger partial charge in [-0.15, -0.1) is 0 Å². The Kier molecular flexibility index (Phi) is 7.00. The molecule has 0 unspecified atom stereocenters. The molecule has 3 aromatic carbocycles. The molecule has 0 heterocycles. The Labute approximate surface area is 164 Å². The fourth-order valence-corrected chi connectivity index (χ4v) is 2.76. The Morgan fingerprint density at radius 1 is 0.964 bits per heavy atom. The zero-order valence-electron chi connectivity index (χ0n) is 15.8. The lowest BCUT2D eigenvalue weighted by Crippen LogP contribution is -2.26. The molecule has 0 saturated carbocycles. The molecule has 3 rings (SSSR count). The molecule has 1 amide bonds. The second-order valence-electron chi connectivity index (χ2n) is 6.48. The number of halogens is 1. The lowest BCUT2D eigenvalue weighted by Gasteiger charge is -2.16. The van der Waals surface area contributed by atoms with E-state index in [0.717, 1.165) is 16.3 Å².